The molecular weight excluding hydrogens is 256 g/mol. The van der Waals surface area contributed by atoms with E-state index in [9.17, 15) is 0 Å². The molecule has 0 saturated carbocycles. The molecular formula is C10H14N4OS2. The van der Waals surface area contributed by atoms with E-state index in [1.54, 1.807) is 18.0 Å². The SMILES string of the molecule is CC(C)(C)c1nnc(CSc2cnc(N)s2)o1. The summed E-state index contributed by atoms with van der Waals surface area (Å²) in [5.74, 6) is 1.94. The maximum atomic E-state index is 5.59. The van der Waals surface area contributed by atoms with Gasteiger partial charge in [-0.25, -0.2) is 4.98 Å². The largest absolute Gasteiger partial charge is 0.424 e. The Morgan fingerprint density at radius 3 is 2.71 bits per heavy atom. The Morgan fingerprint density at radius 1 is 1.41 bits per heavy atom. The Bertz CT molecular complexity index is 500. The second kappa shape index (κ2) is 4.66. The van der Waals surface area contributed by atoms with Crippen molar-refractivity contribution in [3.63, 3.8) is 0 Å². The first-order valence-electron chi connectivity index (χ1n) is 5.12. The molecule has 2 rings (SSSR count). The van der Waals surface area contributed by atoms with Gasteiger partial charge < -0.3 is 10.2 Å². The van der Waals surface area contributed by atoms with E-state index >= 15 is 0 Å². The van der Waals surface area contributed by atoms with Crippen LogP contribution in [-0.2, 0) is 11.2 Å². The normalized spacial score (nSPS) is 11.9. The van der Waals surface area contributed by atoms with Crippen LogP contribution < -0.4 is 5.73 Å². The molecule has 0 aliphatic heterocycles. The number of hydrogen-bond acceptors (Lipinski definition) is 7. The van der Waals surface area contributed by atoms with Gasteiger partial charge in [-0.15, -0.1) is 22.0 Å². The standard InChI is InChI=1S/C10H14N4OS2/c1-10(2,3)8-14-13-6(15-8)5-16-7-4-12-9(11)17-7/h4H,5H2,1-3H3,(H2,11,12). The number of nitrogens with zero attached hydrogens (tertiary/aromatic N) is 3. The quantitative estimate of drug-likeness (QED) is 0.864. The molecule has 2 aromatic heterocycles. The summed E-state index contributed by atoms with van der Waals surface area (Å²) in [5.41, 5.74) is 5.45. The van der Waals surface area contributed by atoms with E-state index in [0.29, 0.717) is 22.7 Å². The van der Waals surface area contributed by atoms with Gasteiger partial charge >= 0.3 is 0 Å². The number of rotatable bonds is 3. The van der Waals surface area contributed by atoms with Crippen LogP contribution in [0.1, 0.15) is 32.6 Å². The smallest absolute Gasteiger partial charge is 0.226 e. The molecule has 0 amide bonds. The third kappa shape index (κ3) is 3.19. The molecule has 17 heavy (non-hydrogen) atoms. The van der Waals surface area contributed by atoms with Crippen molar-refractivity contribution in [1.82, 2.24) is 15.2 Å². The molecule has 0 fully saturated rings. The van der Waals surface area contributed by atoms with Crippen molar-refractivity contribution >= 4 is 28.2 Å². The minimum absolute atomic E-state index is 0.106. The van der Waals surface area contributed by atoms with E-state index < -0.39 is 0 Å². The van der Waals surface area contributed by atoms with Crippen LogP contribution in [0.4, 0.5) is 5.13 Å². The first-order chi connectivity index (χ1) is 7.95. The molecule has 0 saturated heterocycles. The minimum atomic E-state index is -0.106. The van der Waals surface area contributed by atoms with Gasteiger partial charge in [-0.2, -0.15) is 0 Å². The van der Waals surface area contributed by atoms with Crippen molar-refractivity contribution in [2.24, 2.45) is 0 Å². The van der Waals surface area contributed by atoms with Crippen molar-refractivity contribution in [1.29, 1.82) is 0 Å². The lowest BCUT2D eigenvalue weighted by atomic mass is 9.97. The average Bonchev–Trinajstić information content (AvgIpc) is 2.82. The van der Waals surface area contributed by atoms with Crippen LogP contribution >= 0.6 is 23.1 Å². The Kier molecular flexibility index (Phi) is 3.39. The molecule has 0 unspecified atom stereocenters. The topological polar surface area (TPSA) is 77.8 Å². The molecule has 7 heteroatoms. The Labute approximate surface area is 108 Å². The first-order valence-corrected chi connectivity index (χ1v) is 6.92. The second-order valence-corrected chi connectivity index (χ2v) is 6.89. The fraction of sp³-hybridized carbons (Fsp3) is 0.500. The Balaban J connectivity index is 1.98. The molecule has 0 spiro atoms. The summed E-state index contributed by atoms with van der Waals surface area (Å²) >= 11 is 3.06. The third-order valence-corrected chi connectivity index (χ3v) is 3.95. The van der Waals surface area contributed by atoms with Crippen molar-refractivity contribution in [3.8, 4) is 0 Å². The zero-order valence-corrected chi connectivity index (χ0v) is 11.6. The summed E-state index contributed by atoms with van der Waals surface area (Å²) in [6.45, 7) is 6.13. The number of anilines is 1. The molecule has 92 valence electrons. The highest BCUT2D eigenvalue weighted by molar-refractivity contribution is 8.00. The zero-order valence-electron chi connectivity index (χ0n) is 9.93. The number of aromatic nitrogens is 3. The molecule has 2 heterocycles. The average molecular weight is 270 g/mol. The van der Waals surface area contributed by atoms with E-state index in [-0.39, 0.29) is 5.41 Å². The van der Waals surface area contributed by atoms with Crippen molar-refractivity contribution in [2.45, 2.75) is 36.1 Å². The highest BCUT2D eigenvalue weighted by atomic mass is 32.2. The fourth-order valence-corrected chi connectivity index (χ4v) is 2.68. The van der Waals surface area contributed by atoms with E-state index in [0.717, 1.165) is 4.21 Å². The predicted octanol–water partition coefficient (Wildman–Crippen LogP) is 2.70. The summed E-state index contributed by atoms with van der Waals surface area (Å²) in [6.07, 6.45) is 1.76. The lowest BCUT2D eigenvalue weighted by Gasteiger charge is -2.10. The summed E-state index contributed by atoms with van der Waals surface area (Å²) < 4.78 is 6.64. The predicted molar refractivity (Wildman–Crippen MR) is 69.1 cm³/mol. The monoisotopic (exact) mass is 270 g/mol. The zero-order chi connectivity index (χ0) is 12.5. The van der Waals surface area contributed by atoms with Crippen LogP contribution in [0.2, 0.25) is 0 Å². The number of thiazole rings is 1. The van der Waals surface area contributed by atoms with Crippen LogP contribution in [0.3, 0.4) is 0 Å². The van der Waals surface area contributed by atoms with E-state index in [2.05, 4.69) is 15.2 Å². The van der Waals surface area contributed by atoms with Crippen molar-refractivity contribution < 1.29 is 4.42 Å². The van der Waals surface area contributed by atoms with E-state index in [1.165, 1.54) is 11.3 Å². The highest BCUT2D eigenvalue weighted by Crippen LogP contribution is 2.29. The van der Waals surface area contributed by atoms with E-state index in [1.807, 2.05) is 20.8 Å². The van der Waals surface area contributed by atoms with Crippen LogP contribution in [0.5, 0.6) is 0 Å². The van der Waals surface area contributed by atoms with E-state index in [4.69, 9.17) is 10.2 Å². The van der Waals surface area contributed by atoms with Gasteiger partial charge in [-0.05, 0) is 0 Å². The summed E-state index contributed by atoms with van der Waals surface area (Å²) in [6, 6.07) is 0. The van der Waals surface area contributed by atoms with Crippen LogP contribution in [0, 0.1) is 0 Å². The van der Waals surface area contributed by atoms with Crippen molar-refractivity contribution in [2.75, 3.05) is 5.73 Å². The molecule has 0 bridgehead atoms. The Morgan fingerprint density at radius 2 is 2.18 bits per heavy atom. The molecule has 5 nitrogen and oxygen atoms in total. The van der Waals surface area contributed by atoms with Crippen LogP contribution in [0.25, 0.3) is 0 Å². The summed E-state index contributed by atoms with van der Waals surface area (Å²) in [4.78, 5) is 3.98. The maximum absolute atomic E-state index is 5.59. The highest BCUT2D eigenvalue weighted by Gasteiger charge is 2.21. The van der Waals surface area contributed by atoms with Crippen LogP contribution in [-0.4, -0.2) is 15.2 Å². The second-order valence-electron chi connectivity index (χ2n) is 4.56. The van der Waals surface area contributed by atoms with Gasteiger partial charge in [0.15, 0.2) is 5.13 Å². The minimum Gasteiger partial charge on any atom is -0.424 e. The van der Waals surface area contributed by atoms with Gasteiger partial charge in [0.2, 0.25) is 11.8 Å². The molecule has 0 atom stereocenters. The first kappa shape index (κ1) is 12.4. The molecule has 0 aliphatic rings. The number of nitrogen functional groups attached to an aromatic ring is 1. The third-order valence-electron chi connectivity index (χ3n) is 1.95. The van der Waals surface area contributed by atoms with Gasteiger partial charge in [0.05, 0.1) is 16.2 Å². The Hall–Kier alpha value is -1.08. The van der Waals surface area contributed by atoms with Gasteiger partial charge in [0.1, 0.15) is 0 Å². The van der Waals surface area contributed by atoms with Gasteiger partial charge in [-0.1, -0.05) is 32.1 Å². The molecule has 0 aliphatic carbocycles. The number of nitrogens with two attached hydrogens (primary N) is 1. The summed E-state index contributed by atoms with van der Waals surface area (Å²) in [7, 11) is 0. The van der Waals surface area contributed by atoms with Gasteiger partial charge in [0.25, 0.3) is 0 Å². The van der Waals surface area contributed by atoms with Crippen LogP contribution in [0.15, 0.2) is 14.8 Å². The van der Waals surface area contributed by atoms with Gasteiger partial charge in [0, 0.05) is 5.41 Å². The molecule has 0 aromatic carbocycles. The molecule has 2 N–H and O–H groups in total. The van der Waals surface area contributed by atoms with Gasteiger partial charge in [-0.3, -0.25) is 0 Å². The molecule has 0 radical (unpaired) electrons. The number of thioether (sulfide) groups is 1. The lowest BCUT2D eigenvalue weighted by molar-refractivity contribution is 0.378. The molecule has 2 aromatic rings. The summed E-state index contributed by atoms with van der Waals surface area (Å²) in [5, 5.41) is 8.64. The van der Waals surface area contributed by atoms with Crippen molar-refractivity contribution in [3.05, 3.63) is 18.0 Å². The number of hydrogen-bond donors (Lipinski definition) is 1. The maximum Gasteiger partial charge on any atom is 0.226 e. The lowest BCUT2D eigenvalue weighted by Crippen LogP contribution is -2.11. The fourth-order valence-electron chi connectivity index (χ4n) is 1.09.